The van der Waals surface area contributed by atoms with E-state index in [0.29, 0.717) is 62.2 Å². The summed E-state index contributed by atoms with van der Waals surface area (Å²) < 4.78 is 62.1. The molecule has 1 amide bonds. The second kappa shape index (κ2) is 18.0. The number of amides is 1. The predicted molar refractivity (Wildman–Crippen MR) is 236 cm³/mol. The number of sulfonamides is 1. The molecule has 0 bridgehead atoms. The van der Waals surface area contributed by atoms with Crippen LogP contribution in [0.5, 0.6) is 11.5 Å². The lowest BCUT2D eigenvalue weighted by atomic mass is 9.59. The number of benzene rings is 3. The maximum atomic E-state index is 15.6. The number of nitro benzene ring substituents is 1. The van der Waals surface area contributed by atoms with Gasteiger partial charge in [0.25, 0.3) is 21.6 Å². The fraction of sp³-hybridized carbons (Fsp3) is 0.391. The van der Waals surface area contributed by atoms with Crippen LogP contribution in [0.2, 0.25) is 5.02 Å². The molecule has 1 spiro atoms. The normalized spacial score (nSPS) is 19.3. The van der Waals surface area contributed by atoms with Crippen molar-refractivity contribution in [1.29, 1.82) is 0 Å². The average molecular weight is 899 g/mol. The Hall–Kier alpha value is -5.39. The average Bonchev–Trinajstić information content (AvgIpc) is 3.74. The summed E-state index contributed by atoms with van der Waals surface area (Å²) in [4.78, 5) is 36.3. The quantitative estimate of drug-likeness (QED) is 0.0859. The van der Waals surface area contributed by atoms with Crippen LogP contribution in [0.15, 0.2) is 89.6 Å². The number of ether oxygens (including phenoxy) is 3. The van der Waals surface area contributed by atoms with Crippen molar-refractivity contribution in [3.8, 4) is 11.5 Å². The largest absolute Gasteiger partial charge is 0.455 e. The molecule has 1 atom stereocenters. The van der Waals surface area contributed by atoms with Crippen LogP contribution < -0.4 is 14.4 Å². The fourth-order valence-electron chi connectivity index (χ4n) is 9.32. The molecule has 5 aromatic rings. The number of anilines is 1. The number of nitrogens with zero attached hydrogens (tertiary/aromatic N) is 4. The minimum absolute atomic E-state index is 0.00677. The summed E-state index contributed by atoms with van der Waals surface area (Å²) in [5, 5.41) is 13.6. The van der Waals surface area contributed by atoms with Gasteiger partial charge in [0.2, 0.25) is 0 Å². The van der Waals surface area contributed by atoms with Gasteiger partial charge in [-0.2, -0.15) is 0 Å². The molecule has 2 saturated heterocycles. The van der Waals surface area contributed by atoms with Gasteiger partial charge < -0.3 is 24.1 Å². The number of fused-ring (bicyclic) bond motifs is 1. The van der Waals surface area contributed by atoms with Gasteiger partial charge in [-0.25, -0.2) is 22.5 Å². The molecule has 2 N–H and O–H groups in total. The summed E-state index contributed by atoms with van der Waals surface area (Å²) in [5.74, 6) is -2.01. The van der Waals surface area contributed by atoms with Crippen molar-refractivity contribution in [2.24, 2.45) is 5.41 Å². The van der Waals surface area contributed by atoms with Gasteiger partial charge in [-0.15, -0.1) is 0 Å². The van der Waals surface area contributed by atoms with Gasteiger partial charge in [-0.05, 0) is 104 Å². The molecule has 0 unspecified atom stereocenters. The van der Waals surface area contributed by atoms with E-state index in [1.807, 2.05) is 22.9 Å². The fourth-order valence-corrected chi connectivity index (χ4v) is 10.5. The number of nitrogens with one attached hydrogen (secondary N) is 2. The van der Waals surface area contributed by atoms with Crippen LogP contribution in [0, 0.1) is 21.3 Å². The van der Waals surface area contributed by atoms with E-state index in [0.717, 1.165) is 54.6 Å². The summed E-state index contributed by atoms with van der Waals surface area (Å²) >= 11 is 6.27. The first kappa shape index (κ1) is 42.9. The van der Waals surface area contributed by atoms with Gasteiger partial charge in [-0.1, -0.05) is 35.7 Å². The summed E-state index contributed by atoms with van der Waals surface area (Å²) in [5.41, 5.74) is 5.26. The van der Waals surface area contributed by atoms with E-state index in [1.165, 1.54) is 54.7 Å². The lowest BCUT2D eigenvalue weighted by Gasteiger charge is -2.47. The Balaban J connectivity index is 0.937. The molecular weight excluding hydrogens is 851 g/mol. The Morgan fingerprint density at radius 3 is 2.59 bits per heavy atom. The van der Waals surface area contributed by atoms with Gasteiger partial charge in [0.15, 0.2) is 0 Å². The zero-order valence-corrected chi connectivity index (χ0v) is 36.2. The second-order valence-electron chi connectivity index (χ2n) is 17.0. The van der Waals surface area contributed by atoms with Gasteiger partial charge >= 0.3 is 0 Å². The minimum Gasteiger partial charge on any atom is -0.455 e. The summed E-state index contributed by atoms with van der Waals surface area (Å²) in [6.07, 6.45) is 10.5. The van der Waals surface area contributed by atoms with Crippen LogP contribution in [-0.4, -0.2) is 92.8 Å². The molecular formula is C46H48ClFN6O8S. The number of hydrogen-bond donors (Lipinski definition) is 2. The van der Waals surface area contributed by atoms with E-state index in [4.69, 9.17) is 25.8 Å². The first-order valence-electron chi connectivity index (χ1n) is 21.3. The lowest BCUT2D eigenvalue weighted by molar-refractivity contribution is -0.385. The number of hydrogen-bond acceptors (Lipinski definition) is 11. The van der Waals surface area contributed by atoms with Crippen molar-refractivity contribution in [3.63, 3.8) is 0 Å². The van der Waals surface area contributed by atoms with E-state index in [9.17, 15) is 23.3 Å². The standard InChI is InChI=1S/C46H48ClFN6O8S/c47-34-5-2-30(3-6-34)39-26-46(12-1-13-46)14-10-33(39)28-52-16-18-53(19-17-52)35-7-9-38(42(24-35)62-37-22-32-11-15-49-44(32)50-27-37)45(55)51-63(58,59)43-25-41(54(56)57)31(23-40(43)48)4-8-36-29-60-20-21-61-36/h2-3,5-7,9,11,15,22-25,27,36H,1,4,8,10,12-14,16-21,26,28-29H2,(H,49,50)(H,51,55)/t36-/m0/s1. The maximum Gasteiger partial charge on any atom is 0.274 e. The van der Waals surface area contributed by atoms with Gasteiger partial charge in [0.1, 0.15) is 27.9 Å². The number of carbonyl (C=O) groups excluding carboxylic acids is 1. The Morgan fingerprint density at radius 2 is 1.86 bits per heavy atom. The first-order valence-corrected chi connectivity index (χ1v) is 23.2. The zero-order valence-electron chi connectivity index (χ0n) is 34.6. The van der Waals surface area contributed by atoms with Crippen LogP contribution in [0.3, 0.4) is 0 Å². The molecule has 4 heterocycles. The van der Waals surface area contributed by atoms with E-state index < -0.39 is 37.3 Å². The van der Waals surface area contributed by atoms with E-state index in [1.54, 1.807) is 24.4 Å². The van der Waals surface area contributed by atoms with Crippen molar-refractivity contribution in [3.05, 3.63) is 122 Å². The number of aromatic amines is 1. The SMILES string of the molecule is O=C(NS(=O)(=O)c1cc([N+](=O)[O-])c(CC[C@H]2COCCO2)cc1F)c1ccc(N2CCN(CC3=C(c4ccc(Cl)cc4)CC4(CCC4)CC3)CC2)cc1Oc1cnc2[nH]ccc2c1. The third-order valence-corrected chi connectivity index (χ3v) is 14.6. The Bertz CT molecular complexity index is 2670. The highest BCUT2D eigenvalue weighted by atomic mass is 35.5. The number of aromatic nitrogens is 2. The van der Waals surface area contributed by atoms with Crippen LogP contribution >= 0.6 is 11.6 Å². The highest BCUT2D eigenvalue weighted by molar-refractivity contribution is 7.90. The van der Waals surface area contributed by atoms with Crippen LogP contribution in [-0.2, 0) is 25.9 Å². The maximum absolute atomic E-state index is 15.6. The highest BCUT2D eigenvalue weighted by Crippen LogP contribution is 2.55. The number of allylic oxidation sites excluding steroid dienone is 1. The Labute approximate surface area is 369 Å². The second-order valence-corrected chi connectivity index (χ2v) is 19.0. The number of rotatable bonds is 13. The number of aryl methyl sites for hydroxylation is 1. The molecule has 14 nitrogen and oxygen atoms in total. The van der Waals surface area contributed by atoms with E-state index >= 15 is 4.39 Å². The molecule has 2 aromatic heterocycles. The smallest absolute Gasteiger partial charge is 0.274 e. The minimum atomic E-state index is -4.96. The number of H-pyrrole nitrogens is 1. The molecule has 63 heavy (non-hydrogen) atoms. The van der Waals surface area contributed by atoms with E-state index in [-0.39, 0.29) is 29.4 Å². The molecule has 1 saturated carbocycles. The number of nitro groups is 1. The molecule has 2 aliphatic carbocycles. The number of halogens is 2. The molecule has 9 rings (SSSR count). The van der Waals surface area contributed by atoms with Crippen molar-refractivity contribution < 1.29 is 36.7 Å². The highest BCUT2D eigenvalue weighted by Gasteiger charge is 2.41. The van der Waals surface area contributed by atoms with Crippen LogP contribution in [0.4, 0.5) is 15.8 Å². The van der Waals surface area contributed by atoms with Crippen molar-refractivity contribution in [2.75, 3.05) is 57.4 Å². The first-order chi connectivity index (χ1) is 30.4. The van der Waals surface area contributed by atoms with E-state index in [2.05, 4.69) is 31.9 Å². The molecule has 2 aliphatic heterocycles. The third-order valence-electron chi connectivity index (χ3n) is 13.0. The summed E-state index contributed by atoms with van der Waals surface area (Å²) in [6, 6.07) is 18.1. The third kappa shape index (κ3) is 9.46. The monoisotopic (exact) mass is 898 g/mol. The summed E-state index contributed by atoms with van der Waals surface area (Å²) in [6.45, 7) is 4.97. The van der Waals surface area contributed by atoms with Crippen LogP contribution in [0.25, 0.3) is 16.6 Å². The number of piperazine rings is 1. The number of pyridine rings is 1. The molecule has 3 aromatic carbocycles. The Kier molecular flexibility index (Phi) is 12.3. The van der Waals surface area contributed by atoms with Gasteiger partial charge in [0.05, 0.1) is 42.6 Å². The topological polar surface area (TPSA) is 169 Å². The zero-order chi connectivity index (χ0) is 43.7. The molecule has 4 aliphatic rings. The van der Waals surface area contributed by atoms with Crippen molar-refractivity contribution in [2.45, 2.75) is 62.4 Å². The van der Waals surface area contributed by atoms with Crippen molar-refractivity contribution in [1.82, 2.24) is 19.6 Å². The summed E-state index contributed by atoms with van der Waals surface area (Å²) in [7, 11) is -4.96. The molecule has 17 heteroatoms. The van der Waals surface area contributed by atoms with Gasteiger partial charge in [0, 0.05) is 72.7 Å². The van der Waals surface area contributed by atoms with Crippen LogP contribution in [0.1, 0.15) is 66.4 Å². The number of carbonyl (C=O) groups is 1. The van der Waals surface area contributed by atoms with Gasteiger partial charge in [-0.3, -0.25) is 19.8 Å². The predicted octanol–water partition coefficient (Wildman–Crippen LogP) is 8.45. The molecule has 3 fully saturated rings. The Morgan fingerprint density at radius 1 is 1.05 bits per heavy atom. The molecule has 330 valence electrons. The van der Waals surface area contributed by atoms with Crippen molar-refractivity contribution >= 4 is 55.5 Å². The molecule has 0 radical (unpaired) electrons. The lowest BCUT2D eigenvalue weighted by Crippen LogP contribution is -2.47.